The molecule has 0 aliphatic carbocycles. The molecular weight excluding hydrogens is 350 g/mol. The molecule has 0 bridgehead atoms. The normalized spacial score (nSPS) is 10.3. The Morgan fingerprint density at radius 1 is 1.07 bits per heavy atom. The fraction of sp³-hybridized carbons (Fsp3) is 0.167. The van der Waals surface area contributed by atoms with Crippen LogP contribution in [0.3, 0.4) is 0 Å². The maximum Gasteiger partial charge on any atom is 0.337 e. The van der Waals surface area contributed by atoms with E-state index in [1.165, 1.54) is 7.11 Å². The second-order valence-corrected chi connectivity index (χ2v) is 5.69. The predicted molar refractivity (Wildman–Crippen MR) is 97.0 cm³/mol. The number of hydrogen-bond donors (Lipinski definition) is 2. The van der Waals surface area contributed by atoms with E-state index in [-0.39, 0.29) is 11.6 Å². The van der Waals surface area contributed by atoms with Crippen molar-refractivity contribution < 1.29 is 18.8 Å². The van der Waals surface area contributed by atoms with E-state index in [0.717, 1.165) is 0 Å². The van der Waals surface area contributed by atoms with Crippen molar-refractivity contribution in [1.82, 2.24) is 15.1 Å². The zero-order chi connectivity index (χ0) is 19.4. The third kappa shape index (κ3) is 4.46. The molecular formula is C18H17N5O4. The number of esters is 1. The first-order chi connectivity index (χ1) is 12.9. The molecule has 0 spiro atoms. The summed E-state index contributed by atoms with van der Waals surface area (Å²) in [7, 11) is 1.32. The van der Waals surface area contributed by atoms with E-state index in [0.29, 0.717) is 28.5 Å². The van der Waals surface area contributed by atoms with Crippen molar-refractivity contribution in [2.24, 2.45) is 0 Å². The van der Waals surface area contributed by atoms with Crippen LogP contribution in [0.5, 0.6) is 0 Å². The summed E-state index contributed by atoms with van der Waals surface area (Å²) in [5, 5.41) is 9.33. The minimum Gasteiger partial charge on any atom is -0.465 e. The molecule has 0 saturated heterocycles. The third-order valence-corrected chi connectivity index (χ3v) is 3.52. The van der Waals surface area contributed by atoms with Gasteiger partial charge in [-0.25, -0.2) is 14.8 Å². The Kier molecular flexibility index (Phi) is 5.11. The number of rotatable bonds is 5. The summed E-state index contributed by atoms with van der Waals surface area (Å²) >= 11 is 0. The number of benzene rings is 1. The highest BCUT2D eigenvalue weighted by atomic mass is 16.5. The summed E-state index contributed by atoms with van der Waals surface area (Å²) in [4.78, 5) is 32.3. The van der Waals surface area contributed by atoms with Crippen LogP contribution in [0.2, 0.25) is 0 Å². The standard InChI is InChI=1S/C18H17N5O4/c1-10-8-14(16(24)22-15-9-11(2)27-23-15)21-18(19-10)20-13-6-4-12(5-7-13)17(25)26-3/h4-9H,1-3H3,(H,19,20,21)(H,22,23,24). The Morgan fingerprint density at radius 3 is 2.44 bits per heavy atom. The van der Waals surface area contributed by atoms with Gasteiger partial charge in [-0.2, -0.15) is 0 Å². The number of ether oxygens (including phenoxy) is 1. The molecule has 0 aliphatic heterocycles. The molecule has 0 aliphatic rings. The van der Waals surface area contributed by atoms with E-state index in [1.807, 2.05) is 0 Å². The molecule has 2 aromatic heterocycles. The lowest BCUT2D eigenvalue weighted by Crippen LogP contribution is -2.15. The van der Waals surface area contributed by atoms with Crippen molar-refractivity contribution >= 4 is 29.3 Å². The van der Waals surface area contributed by atoms with Crippen LogP contribution in [0.25, 0.3) is 0 Å². The summed E-state index contributed by atoms with van der Waals surface area (Å²) < 4.78 is 9.58. The number of nitrogens with zero attached hydrogens (tertiary/aromatic N) is 3. The molecule has 138 valence electrons. The molecule has 9 heteroatoms. The summed E-state index contributed by atoms with van der Waals surface area (Å²) in [6.07, 6.45) is 0. The quantitative estimate of drug-likeness (QED) is 0.661. The number of anilines is 3. The topological polar surface area (TPSA) is 119 Å². The van der Waals surface area contributed by atoms with Crippen molar-refractivity contribution in [3.63, 3.8) is 0 Å². The van der Waals surface area contributed by atoms with E-state index >= 15 is 0 Å². The first kappa shape index (κ1) is 18.1. The maximum atomic E-state index is 12.4. The van der Waals surface area contributed by atoms with Crippen LogP contribution in [-0.2, 0) is 4.74 Å². The van der Waals surface area contributed by atoms with Crippen LogP contribution < -0.4 is 10.6 Å². The first-order valence-electron chi connectivity index (χ1n) is 8.00. The summed E-state index contributed by atoms with van der Waals surface area (Å²) in [6, 6.07) is 9.78. The number of amides is 1. The van der Waals surface area contributed by atoms with E-state index in [4.69, 9.17) is 4.52 Å². The Labute approximate surface area is 154 Å². The van der Waals surface area contributed by atoms with Gasteiger partial charge in [-0.05, 0) is 44.2 Å². The van der Waals surface area contributed by atoms with E-state index in [9.17, 15) is 9.59 Å². The van der Waals surface area contributed by atoms with Gasteiger partial charge in [0.05, 0.1) is 12.7 Å². The number of aryl methyl sites for hydroxylation is 2. The third-order valence-electron chi connectivity index (χ3n) is 3.52. The van der Waals surface area contributed by atoms with Crippen LogP contribution in [-0.4, -0.2) is 34.1 Å². The van der Waals surface area contributed by atoms with Gasteiger partial charge in [0.25, 0.3) is 5.91 Å². The largest absolute Gasteiger partial charge is 0.465 e. The molecule has 2 N–H and O–H groups in total. The van der Waals surface area contributed by atoms with Gasteiger partial charge in [-0.1, -0.05) is 5.16 Å². The van der Waals surface area contributed by atoms with Gasteiger partial charge in [0.1, 0.15) is 11.5 Å². The van der Waals surface area contributed by atoms with Crippen LogP contribution in [0.15, 0.2) is 40.9 Å². The van der Waals surface area contributed by atoms with Crippen molar-refractivity contribution in [2.45, 2.75) is 13.8 Å². The van der Waals surface area contributed by atoms with Crippen LogP contribution in [0.4, 0.5) is 17.5 Å². The lowest BCUT2D eigenvalue weighted by Gasteiger charge is -2.08. The van der Waals surface area contributed by atoms with E-state index < -0.39 is 11.9 Å². The fourth-order valence-electron chi connectivity index (χ4n) is 2.28. The van der Waals surface area contributed by atoms with Crippen LogP contribution in [0, 0.1) is 13.8 Å². The second kappa shape index (κ2) is 7.65. The van der Waals surface area contributed by atoms with Gasteiger partial charge in [0, 0.05) is 17.4 Å². The number of methoxy groups -OCH3 is 1. The fourth-order valence-corrected chi connectivity index (χ4v) is 2.28. The Morgan fingerprint density at radius 2 is 1.81 bits per heavy atom. The molecule has 2 heterocycles. The lowest BCUT2D eigenvalue weighted by molar-refractivity contribution is 0.0600. The van der Waals surface area contributed by atoms with Crippen molar-refractivity contribution in [3.05, 3.63) is 59.1 Å². The molecule has 3 rings (SSSR count). The Hall–Kier alpha value is -3.75. The molecule has 3 aromatic rings. The summed E-state index contributed by atoms with van der Waals surface area (Å²) in [5.41, 5.74) is 1.87. The Bertz CT molecular complexity index is 982. The SMILES string of the molecule is COC(=O)c1ccc(Nc2nc(C)cc(C(=O)Nc3cc(C)on3)n2)cc1. The van der Waals surface area contributed by atoms with Crippen molar-refractivity contribution in [3.8, 4) is 0 Å². The van der Waals surface area contributed by atoms with Gasteiger partial charge in [0.2, 0.25) is 5.95 Å². The number of carbonyl (C=O) groups excluding carboxylic acids is 2. The summed E-state index contributed by atoms with van der Waals surface area (Å²) in [5.74, 6) is 0.291. The molecule has 27 heavy (non-hydrogen) atoms. The van der Waals surface area contributed by atoms with Gasteiger partial charge in [-0.15, -0.1) is 0 Å². The molecule has 9 nitrogen and oxygen atoms in total. The number of hydrogen-bond acceptors (Lipinski definition) is 8. The molecule has 0 radical (unpaired) electrons. The van der Waals surface area contributed by atoms with Gasteiger partial charge in [-0.3, -0.25) is 4.79 Å². The van der Waals surface area contributed by atoms with Crippen molar-refractivity contribution in [2.75, 3.05) is 17.7 Å². The monoisotopic (exact) mass is 367 g/mol. The zero-order valence-corrected chi connectivity index (χ0v) is 14.9. The van der Waals surface area contributed by atoms with E-state index in [2.05, 4.69) is 30.5 Å². The van der Waals surface area contributed by atoms with E-state index in [1.54, 1.807) is 50.2 Å². The highest BCUT2D eigenvalue weighted by molar-refractivity contribution is 6.02. The van der Waals surface area contributed by atoms with Gasteiger partial charge in [0.15, 0.2) is 5.82 Å². The Balaban J connectivity index is 1.76. The van der Waals surface area contributed by atoms with Crippen molar-refractivity contribution in [1.29, 1.82) is 0 Å². The lowest BCUT2D eigenvalue weighted by atomic mass is 10.2. The average Bonchev–Trinajstić information content (AvgIpc) is 3.06. The molecule has 1 amide bonds. The minimum atomic E-state index is -0.433. The number of carbonyl (C=O) groups is 2. The molecule has 0 saturated carbocycles. The highest BCUT2D eigenvalue weighted by Gasteiger charge is 2.13. The number of aromatic nitrogens is 3. The van der Waals surface area contributed by atoms with Crippen LogP contribution in [0.1, 0.15) is 32.3 Å². The first-order valence-corrected chi connectivity index (χ1v) is 8.00. The summed E-state index contributed by atoms with van der Waals surface area (Å²) in [6.45, 7) is 3.48. The second-order valence-electron chi connectivity index (χ2n) is 5.69. The zero-order valence-electron chi connectivity index (χ0n) is 14.9. The highest BCUT2D eigenvalue weighted by Crippen LogP contribution is 2.16. The average molecular weight is 367 g/mol. The molecule has 0 unspecified atom stereocenters. The number of nitrogens with one attached hydrogen (secondary N) is 2. The maximum absolute atomic E-state index is 12.4. The smallest absolute Gasteiger partial charge is 0.337 e. The predicted octanol–water partition coefficient (Wildman–Crippen LogP) is 2.86. The van der Waals surface area contributed by atoms with Crippen LogP contribution >= 0.6 is 0 Å². The molecule has 1 aromatic carbocycles. The van der Waals surface area contributed by atoms with Gasteiger partial charge < -0.3 is 19.9 Å². The van der Waals surface area contributed by atoms with Gasteiger partial charge >= 0.3 is 5.97 Å². The molecule has 0 fully saturated rings. The molecule has 0 atom stereocenters. The minimum absolute atomic E-state index is 0.178.